The number of nitrogens with zero attached hydrogens (tertiary/aromatic N) is 2. The number of rotatable bonds is 4. The van der Waals surface area contributed by atoms with Gasteiger partial charge in [-0.1, -0.05) is 0 Å². The van der Waals surface area contributed by atoms with Crippen LogP contribution in [-0.2, 0) is 17.6 Å². The lowest BCUT2D eigenvalue weighted by molar-refractivity contribution is -0.184. The van der Waals surface area contributed by atoms with Crippen LogP contribution in [0.25, 0.3) is 0 Å². The molecule has 1 saturated heterocycles. The molecule has 3 N–H and O–H groups in total. The molecule has 2 atom stereocenters. The summed E-state index contributed by atoms with van der Waals surface area (Å²) in [6.45, 7) is 1.34. The molecule has 0 bridgehead atoms. The highest BCUT2D eigenvalue weighted by Gasteiger charge is 2.44. The minimum absolute atomic E-state index is 0.296. The van der Waals surface area contributed by atoms with Gasteiger partial charge < -0.3 is 10.6 Å². The van der Waals surface area contributed by atoms with Gasteiger partial charge in [0.25, 0.3) is 0 Å². The summed E-state index contributed by atoms with van der Waals surface area (Å²) in [5.74, 6) is -0.602. The smallest absolute Gasteiger partial charge is 0.354 e. The monoisotopic (exact) mass is 345 g/mol. The van der Waals surface area contributed by atoms with Crippen molar-refractivity contribution in [3.8, 4) is 0 Å². The predicted octanol–water partition coefficient (Wildman–Crippen LogP) is 0.467. The van der Waals surface area contributed by atoms with E-state index in [0.717, 1.165) is 17.7 Å². The number of hydrogen-bond acceptors (Lipinski definition) is 4. The molecule has 1 aliphatic heterocycles. The molecule has 1 aliphatic carbocycles. The molecule has 2 heterocycles. The highest BCUT2D eigenvalue weighted by atomic mass is 19.4. The SMILES string of the molecule is O=C(NCC(N1CCNCC1)C(F)(F)F)C1CCc2cn[nH]c2C1. The zero-order valence-corrected chi connectivity index (χ0v) is 13.3. The van der Waals surface area contributed by atoms with Gasteiger partial charge in [-0.3, -0.25) is 14.8 Å². The van der Waals surface area contributed by atoms with Crippen LogP contribution in [0.2, 0.25) is 0 Å². The quantitative estimate of drug-likeness (QED) is 0.742. The lowest BCUT2D eigenvalue weighted by atomic mass is 9.87. The first-order valence-electron chi connectivity index (χ1n) is 8.25. The molecule has 0 radical (unpaired) electrons. The maximum absolute atomic E-state index is 13.3. The molecular weight excluding hydrogens is 323 g/mol. The molecule has 9 heteroatoms. The Balaban J connectivity index is 1.57. The second-order valence-corrected chi connectivity index (χ2v) is 6.40. The van der Waals surface area contributed by atoms with E-state index < -0.39 is 18.8 Å². The number of nitrogens with one attached hydrogen (secondary N) is 3. The summed E-state index contributed by atoms with van der Waals surface area (Å²) in [4.78, 5) is 13.7. The standard InChI is InChI=1S/C15H22F3N5O/c16-15(17,18)13(23-5-3-19-4-6-23)9-20-14(24)10-1-2-11-8-21-22-12(11)7-10/h8,10,13,19H,1-7,9H2,(H,20,24)(H,21,22). The molecule has 0 aromatic carbocycles. The first-order chi connectivity index (χ1) is 11.4. The first kappa shape index (κ1) is 17.2. The molecule has 2 aliphatic rings. The van der Waals surface area contributed by atoms with Gasteiger partial charge in [0.05, 0.1) is 6.20 Å². The topological polar surface area (TPSA) is 73.1 Å². The average Bonchev–Trinajstić information content (AvgIpc) is 3.02. The number of halogens is 3. The third-order valence-electron chi connectivity index (χ3n) is 4.83. The molecule has 0 saturated carbocycles. The van der Waals surface area contributed by atoms with Crippen LogP contribution in [0, 0.1) is 5.92 Å². The van der Waals surface area contributed by atoms with Gasteiger partial charge in [-0.05, 0) is 18.4 Å². The van der Waals surface area contributed by atoms with E-state index in [1.807, 2.05) is 0 Å². The number of alkyl halides is 3. The van der Waals surface area contributed by atoms with E-state index in [9.17, 15) is 18.0 Å². The van der Waals surface area contributed by atoms with Gasteiger partial charge in [-0.2, -0.15) is 18.3 Å². The molecule has 0 spiro atoms. The van der Waals surface area contributed by atoms with Crippen molar-refractivity contribution in [3.63, 3.8) is 0 Å². The summed E-state index contributed by atoms with van der Waals surface area (Å²) >= 11 is 0. The molecule has 1 fully saturated rings. The Labute approximate surface area is 138 Å². The lowest BCUT2D eigenvalue weighted by Crippen LogP contribution is -2.58. The molecule has 134 valence electrons. The number of H-pyrrole nitrogens is 1. The number of hydrogen-bond donors (Lipinski definition) is 3. The Morgan fingerprint density at radius 3 is 2.88 bits per heavy atom. The maximum Gasteiger partial charge on any atom is 0.405 e. The van der Waals surface area contributed by atoms with Gasteiger partial charge in [-0.25, -0.2) is 0 Å². The maximum atomic E-state index is 13.3. The van der Waals surface area contributed by atoms with E-state index in [2.05, 4.69) is 20.8 Å². The highest BCUT2D eigenvalue weighted by Crippen LogP contribution is 2.26. The number of aryl methyl sites for hydroxylation is 1. The fourth-order valence-corrected chi connectivity index (χ4v) is 3.42. The summed E-state index contributed by atoms with van der Waals surface area (Å²) in [6, 6.07) is -1.63. The van der Waals surface area contributed by atoms with Crippen molar-refractivity contribution in [3.05, 3.63) is 17.5 Å². The molecule has 6 nitrogen and oxygen atoms in total. The van der Waals surface area contributed by atoms with Crippen molar-refractivity contribution in [1.29, 1.82) is 0 Å². The number of aromatic nitrogens is 2. The van der Waals surface area contributed by atoms with Crippen molar-refractivity contribution < 1.29 is 18.0 Å². The average molecular weight is 345 g/mol. The summed E-state index contributed by atoms with van der Waals surface area (Å²) in [5.41, 5.74) is 2.00. The van der Waals surface area contributed by atoms with E-state index in [1.165, 1.54) is 4.90 Å². The second kappa shape index (κ2) is 7.10. The van der Waals surface area contributed by atoms with Gasteiger partial charge in [0.2, 0.25) is 5.91 Å². The molecule has 1 aromatic rings. The van der Waals surface area contributed by atoms with E-state index in [-0.39, 0.29) is 11.8 Å². The normalized spacial score (nSPS) is 23.5. The summed E-state index contributed by atoms with van der Waals surface area (Å²) in [5, 5.41) is 12.4. The van der Waals surface area contributed by atoms with Crippen LogP contribution in [0.3, 0.4) is 0 Å². The number of fused-ring (bicyclic) bond motifs is 1. The number of carbonyl (C=O) groups is 1. The summed E-state index contributed by atoms with van der Waals surface area (Å²) < 4.78 is 40.0. The van der Waals surface area contributed by atoms with Crippen molar-refractivity contribution in [1.82, 2.24) is 25.7 Å². The number of carbonyl (C=O) groups excluding carboxylic acids is 1. The van der Waals surface area contributed by atoms with Gasteiger partial charge >= 0.3 is 6.18 Å². The number of amides is 1. The Morgan fingerprint density at radius 1 is 1.42 bits per heavy atom. The van der Waals surface area contributed by atoms with Crippen LogP contribution in [0.4, 0.5) is 13.2 Å². The van der Waals surface area contributed by atoms with Crippen LogP contribution in [-0.4, -0.2) is 65.9 Å². The Kier molecular flexibility index (Phi) is 5.09. The first-order valence-corrected chi connectivity index (χ1v) is 8.25. The molecule has 24 heavy (non-hydrogen) atoms. The molecule has 2 unspecified atom stereocenters. The van der Waals surface area contributed by atoms with Crippen LogP contribution in [0.5, 0.6) is 0 Å². The van der Waals surface area contributed by atoms with E-state index in [1.54, 1.807) is 6.20 Å². The fourth-order valence-electron chi connectivity index (χ4n) is 3.42. The molecule has 1 aromatic heterocycles. The Hall–Kier alpha value is -1.61. The third kappa shape index (κ3) is 3.89. The number of aromatic amines is 1. The summed E-state index contributed by atoms with van der Waals surface area (Å²) in [7, 11) is 0. The minimum Gasteiger partial charge on any atom is -0.354 e. The van der Waals surface area contributed by atoms with E-state index >= 15 is 0 Å². The largest absolute Gasteiger partial charge is 0.405 e. The van der Waals surface area contributed by atoms with Crippen LogP contribution < -0.4 is 10.6 Å². The zero-order chi connectivity index (χ0) is 17.2. The van der Waals surface area contributed by atoms with Crippen LogP contribution in [0.15, 0.2) is 6.20 Å². The van der Waals surface area contributed by atoms with E-state index in [4.69, 9.17) is 0 Å². The fraction of sp³-hybridized carbons (Fsp3) is 0.733. The van der Waals surface area contributed by atoms with Gasteiger partial charge in [-0.15, -0.1) is 0 Å². The molecule has 3 rings (SSSR count). The van der Waals surface area contributed by atoms with Gasteiger partial charge in [0.1, 0.15) is 6.04 Å². The second-order valence-electron chi connectivity index (χ2n) is 6.40. The van der Waals surface area contributed by atoms with Crippen LogP contribution >= 0.6 is 0 Å². The predicted molar refractivity (Wildman–Crippen MR) is 81.4 cm³/mol. The van der Waals surface area contributed by atoms with Gasteiger partial charge in [0.15, 0.2) is 0 Å². The molecular formula is C15H22F3N5O. The summed E-state index contributed by atoms with van der Waals surface area (Å²) in [6.07, 6.45) is -0.736. The lowest BCUT2D eigenvalue weighted by Gasteiger charge is -2.36. The number of piperazine rings is 1. The van der Waals surface area contributed by atoms with Crippen molar-refractivity contribution in [2.75, 3.05) is 32.7 Å². The Morgan fingerprint density at radius 2 is 2.17 bits per heavy atom. The highest BCUT2D eigenvalue weighted by molar-refractivity contribution is 5.79. The Bertz CT molecular complexity index is 568. The van der Waals surface area contributed by atoms with Crippen LogP contribution in [0.1, 0.15) is 17.7 Å². The minimum atomic E-state index is -4.35. The van der Waals surface area contributed by atoms with Gasteiger partial charge in [0, 0.05) is 50.8 Å². The zero-order valence-electron chi connectivity index (χ0n) is 13.3. The molecule has 1 amide bonds. The van der Waals surface area contributed by atoms with E-state index in [0.29, 0.717) is 39.0 Å². The van der Waals surface area contributed by atoms with Crippen molar-refractivity contribution in [2.45, 2.75) is 31.5 Å². The van der Waals surface area contributed by atoms with Crippen molar-refractivity contribution >= 4 is 5.91 Å². The van der Waals surface area contributed by atoms with Crippen molar-refractivity contribution in [2.24, 2.45) is 5.92 Å². The third-order valence-corrected chi connectivity index (χ3v) is 4.83.